The molecule has 0 bridgehead atoms. The number of hydrogen-bond donors (Lipinski definition) is 1. The minimum Gasteiger partial charge on any atom is -0.508 e. The van der Waals surface area contributed by atoms with Gasteiger partial charge in [0.15, 0.2) is 0 Å². The summed E-state index contributed by atoms with van der Waals surface area (Å²) in [4.78, 5) is 0. The number of benzene rings is 2. The molecule has 1 aromatic heterocycles. The van der Waals surface area contributed by atoms with Gasteiger partial charge < -0.3 is 14.4 Å². The molecule has 3 aromatic rings. The highest BCUT2D eigenvalue weighted by Gasteiger charge is 2.08. The van der Waals surface area contributed by atoms with Gasteiger partial charge in [0.25, 0.3) is 0 Å². The van der Waals surface area contributed by atoms with Gasteiger partial charge in [-0.3, -0.25) is 0 Å². The van der Waals surface area contributed by atoms with Gasteiger partial charge in [-0.05, 0) is 79.4 Å². The molecule has 0 aliphatic rings. The number of aromatic nitrogens is 1. The van der Waals surface area contributed by atoms with Crippen molar-refractivity contribution in [3.05, 3.63) is 71.9 Å². The van der Waals surface area contributed by atoms with E-state index in [4.69, 9.17) is 4.74 Å². The quantitative estimate of drug-likeness (QED) is 0.290. The van der Waals surface area contributed by atoms with Gasteiger partial charge >= 0.3 is 0 Å². The lowest BCUT2D eigenvalue weighted by molar-refractivity contribution is 0.304. The van der Waals surface area contributed by atoms with Gasteiger partial charge in [0, 0.05) is 17.9 Å². The van der Waals surface area contributed by atoms with Crippen molar-refractivity contribution in [1.29, 1.82) is 0 Å². The van der Waals surface area contributed by atoms with Gasteiger partial charge in [0.2, 0.25) is 0 Å². The van der Waals surface area contributed by atoms with E-state index in [1.54, 1.807) is 12.1 Å². The van der Waals surface area contributed by atoms with Gasteiger partial charge in [0.05, 0.1) is 6.61 Å². The summed E-state index contributed by atoms with van der Waals surface area (Å²) in [6, 6.07) is 20.3. The summed E-state index contributed by atoms with van der Waals surface area (Å²) in [5, 5.41) is 9.56. The van der Waals surface area contributed by atoms with E-state index in [9.17, 15) is 5.11 Å². The third-order valence-electron chi connectivity index (χ3n) is 5.93. The summed E-state index contributed by atoms with van der Waals surface area (Å²) < 4.78 is 8.26. The molecule has 3 rings (SSSR count). The first kappa shape index (κ1) is 23.0. The van der Waals surface area contributed by atoms with E-state index in [0.717, 1.165) is 37.3 Å². The van der Waals surface area contributed by atoms with Crippen LogP contribution in [0.2, 0.25) is 0 Å². The fourth-order valence-electron chi connectivity index (χ4n) is 3.99. The van der Waals surface area contributed by atoms with Crippen LogP contribution in [0, 0.1) is 6.92 Å². The van der Waals surface area contributed by atoms with E-state index in [2.05, 4.69) is 54.8 Å². The molecular weight excluding hydrogens is 382 g/mol. The Morgan fingerprint density at radius 3 is 2.16 bits per heavy atom. The van der Waals surface area contributed by atoms with E-state index < -0.39 is 0 Å². The Kier molecular flexibility index (Phi) is 9.08. The molecule has 0 fully saturated rings. The molecule has 0 saturated heterocycles. The van der Waals surface area contributed by atoms with E-state index >= 15 is 0 Å². The van der Waals surface area contributed by atoms with Gasteiger partial charge in [0.1, 0.15) is 11.5 Å². The molecule has 3 nitrogen and oxygen atoms in total. The van der Waals surface area contributed by atoms with Gasteiger partial charge in [-0.25, -0.2) is 0 Å². The lowest BCUT2D eigenvalue weighted by atomic mass is 10.1. The predicted molar refractivity (Wildman–Crippen MR) is 130 cm³/mol. The summed E-state index contributed by atoms with van der Waals surface area (Å²) in [6.07, 6.45) is 10.1. The Morgan fingerprint density at radius 1 is 0.774 bits per heavy atom. The Labute approximate surface area is 187 Å². The normalized spacial score (nSPS) is 11.0. The molecule has 1 N–H and O–H groups in total. The molecule has 0 unspecified atom stereocenters. The van der Waals surface area contributed by atoms with Gasteiger partial charge in [-0.1, -0.05) is 57.6 Å². The van der Waals surface area contributed by atoms with Crippen molar-refractivity contribution in [1.82, 2.24) is 4.57 Å². The number of rotatable bonds is 13. The van der Waals surface area contributed by atoms with Crippen LogP contribution in [0.4, 0.5) is 0 Å². The highest BCUT2D eigenvalue weighted by Crippen LogP contribution is 2.25. The zero-order chi connectivity index (χ0) is 21.9. The largest absolute Gasteiger partial charge is 0.508 e. The van der Waals surface area contributed by atoms with Crippen molar-refractivity contribution >= 4 is 0 Å². The molecule has 166 valence electrons. The number of hydrogen-bond acceptors (Lipinski definition) is 2. The number of aryl methyl sites for hydroxylation is 2. The van der Waals surface area contributed by atoms with Gasteiger partial charge in [-0.15, -0.1) is 0 Å². The van der Waals surface area contributed by atoms with Crippen LogP contribution < -0.4 is 4.74 Å². The van der Waals surface area contributed by atoms with Crippen LogP contribution in [0.5, 0.6) is 11.5 Å². The minimum atomic E-state index is 0.299. The molecule has 2 aromatic carbocycles. The summed E-state index contributed by atoms with van der Waals surface area (Å²) >= 11 is 0. The van der Waals surface area contributed by atoms with E-state index in [1.165, 1.54) is 55.5 Å². The number of nitrogens with zero attached hydrogens (tertiary/aromatic N) is 1. The second kappa shape index (κ2) is 12.2. The summed E-state index contributed by atoms with van der Waals surface area (Å²) in [6.45, 7) is 6.14. The predicted octanol–water partition coefficient (Wildman–Crippen LogP) is 7.54. The van der Waals surface area contributed by atoms with Crippen molar-refractivity contribution in [2.24, 2.45) is 0 Å². The van der Waals surface area contributed by atoms with Crippen LogP contribution in [0.1, 0.15) is 63.1 Å². The molecule has 0 aliphatic heterocycles. The molecule has 0 saturated carbocycles. The van der Waals surface area contributed by atoms with Crippen LogP contribution in [-0.2, 0) is 13.0 Å². The fraction of sp³-hybridized carbons (Fsp3) is 0.429. The second-order valence-electron chi connectivity index (χ2n) is 8.42. The molecule has 1 heterocycles. The van der Waals surface area contributed by atoms with E-state index in [1.807, 2.05) is 12.1 Å². The molecule has 0 spiro atoms. The lowest BCUT2D eigenvalue weighted by Crippen LogP contribution is -2.05. The first-order valence-corrected chi connectivity index (χ1v) is 11.8. The van der Waals surface area contributed by atoms with Crippen LogP contribution in [0.15, 0.2) is 60.7 Å². The smallest absolute Gasteiger partial charge is 0.119 e. The monoisotopic (exact) mass is 419 g/mol. The molecule has 3 heteroatoms. The average molecular weight is 420 g/mol. The summed E-state index contributed by atoms with van der Waals surface area (Å²) in [5.41, 5.74) is 4.87. The van der Waals surface area contributed by atoms with Crippen LogP contribution in [-0.4, -0.2) is 16.3 Å². The zero-order valence-corrected chi connectivity index (χ0v) is 19.1. The lowest BCUT2D eigenvalue weighted by Gasteiger charge is -2.13. The maximum Gasteiger partial charge on any atom is 0.119 e. The van der Waals surface area contributed by atoms with Crippen molar-refractivity contribution in [3.8, 4) is 22.8 Å². The molecular formula is C28H37NO2. The van der Waals surface area contributed by atoms with Crippen LogP contribution in [0.3, 0.4) is 0 Å². The highest BCUT2D eigenvalue weighted by molar-refractivity contribution is 5.61. The minimum absolute atomic E-state index is 0.299. The van der Waals surface area contributed by atoms with Crippen molar-refractivity contribution in [2.45, 2.75) is 71.8 Å². The second-order valence-corrected chi connectivity index (χ2v) is 8.42. The third kappa shape index (κ3) is 7.20. The Balaban J connectivity index is 1.45. The number of aromatic hydroxyl groups is 1. The van der Waals surface area contributed by atoms with Crippen molar-refractivity contribution in [2.75, 3.05) is 6.61 Å². The topological polar surface area (TPSA) is 34.4 Å². The number of phenolic OH excluding ortho intramolecular Hbond substituents is 1. The number of unbranched alkanes of at least 4 members (excludes halogenated alkanes) is 6. The maximum atomic E-state index is 9.56. The molecule has 0 amide bonds. The third-order valence-corrected chi connectivity index (χ3v) is 5.93. The van der Waals surface area contributed by atoms with Crippen molar-refractivity contribution < 1.29 is 9.84 Å². The molecule has 0 atom stereocenters. The van der Waals surface area contributed by atoms with Crippen molar-refractivity contribution in [3.63, 3.8) is 0 Å². The van der Waals surface area contributed by atoms with Crippen LogP contribution in [0.25, 0.3) is 11.3 Å². The SMILES string of the molecule is CCCCCCCCCOc1ccc(CCn2c(C)ccc2-c2ccc(O)cc2)cc1. The number of phenols is 1. The fourth-order valence-corrected chi connectivity index (χ4v) is 3.99. The first-order valence-electron chi connectivity index (χ1n) is 11.8. The summed E-state index contributed by atoms with van der Waals surface area (Å²) in [5.74, 6) is 1.27. The molecule has 0 radical (unpaired) electrons. The standard InChI is InChI=1S/C28H37NO2/c1-3-4-5-6-7-8-9-22-31-27-17-11-24(12-18-27)20-21-29-23(2)10-19-28(29)25-13-15-26(30)16-14-25/h10-19,30H,3-9,20-22H2,1-2H3. The molecule has 0 aliphatic carbocycles. The molecule has 31 heavy (non-hydrogen) atoms. The summed E-state index contributed by atoms with van der Waals surface area (Å²) in [7, 11) is 0. The van der Waals surface area contributed by atoms with E-state index in [-0.39, 0.29) is 0 Å². The van der Waals surface area contributed by atoms with Gasteiger partial charge in [-0.2, -0.15) is 0 Å². The average Bonchev–Trinajstić information content (AvgIpc) is 3.16. The Bertz CT molecular complexity index is 894. The number of ether oxygens (including phenoxy) is 1. The highest BCUT2D eigenvalue weighted by atomic mass is 16.5. The van der Waals surface area contributed by atoms with Crippen LogP contribution >= 0.6 is 0 Å². The zero-order valence-electron chi connectivity index (χ0n) is 19.1. The maximum absolute atomic E-state index is 9.56. The Morgan fingerprint density at radius 2 is 1.45 bits per heavy atom. The first-order chi connectivity index (χ1) is 15.2. The van der Waals surface area contributed by atoms with E-state index in [0.29, 0.717) is 5.75 Å². The Hall–Kier alpha value is -2.68.